The molecule has 0 radical (unpaired) electrons. The van der Waals surface area contributed by atoms with Crippen molar-refractivity contribution in [3.05, 3.63) is 64.7 Å². The number of ether oxygens (including phenoxy) is 1. The van der Waals surface area contributed by atoms with E-state index < -0.39 is 0 Å². The van der Waals surface area contributed by atoms with E-state index in [9.17, 15) is 9.59 Å². The predicted molar refractivity (Wildman–Crippen MR) is 93.3 cm³/mol. The van der Waals surface area contributed by atoms with Gasteiger partial charge in [0, 0.05) is 24.3 Å². The highest BCUT2D eigenvalue weighted by Crippen LogP contribution is 2.38. The van der Waals surface area contributed by atoms with Crippen LogP contribution in [0, 0.1) is 13.8 Å². The molecule has 0 N–H and O–H groups in total. The van der Waals surface area contributed by atoms with Crippen molar-refractivity contribution in [1.82, 2.24) is 0 Å². The van der Waals surface area contributed by atoms with Gasteiger partial charge in [0.15, 0.2) is 0 Å². The summed E-state index contributed by atoms with van der Waals surface area (Å²) in [7, 11) is 0. The van der Waals surface area contributed by atoms with E-state index in [2.05, 4.69) is 6.07 Å². The first kappa shape index (κ1) is 16.4. The summed E-state index contributed by atoms with van der Waals surface area (Å²) in [5, 5.41) is 0. The third-order valence-corrected chi connectivity index (χ3v) is 4.48. The summed E-state index contributed by atoms with van der Waals surface area (Å²) in [6, 6.07) is 14.1. The quantitative estimate of drug-likeness (QED) is 0.789. The van der Waals surface area contributed by atoms with E-state index in [4.69, 9.17) is 4.74 Å². The van der Waals surface area contributed by atoms with Crippen LogP contribution in [0.2, 0.25) is 0 Å². The molecule has 1 fully saturated rings. The molecule has 0 saturated heterocycles. The molecule has 1 saturated carbocycles. The van der Waals surface area contributed by atoms with Crippen LogP contribution < -0.4 is 4.74 Å². The van der Waals surface area contributed by atoms with Crippen molar-refractivity contribution >= 4 is 11.6 Å². The predicted octanol–water partition coefficient (Wildman–Crippen LogP) is 4.29. The molecular formula is C21H22O3. The lowest BCUT2D eigenvalue weighted by Gasteiger charge is -2.25. The highest BCUT2D eigenvalue weighted by atomic mass is 16.5. The van der Waals surface area contributed by atoms with Gasteiger partial charge in [-0.25, -0.2) is 0 Å². The van der Waals surface area contributed by atoms with Crippen LogP contribution in [0.4, 0.5) is 0 Å². The van der Waals surface area contributed by atoms with Crippen molar-refractivity contribution in [3.8, 4) is 5.75 Å². The van der Waals surface area contributed by atoms with Gasteiger partial charge in [-0.15, -0.1) is 0 Å². The number of carbonyl (C=O) groups is 2. The Hall–Kier alpha value is -2.42. The highest BCUT2D eigenvalue weighted by molar-refractivity contribution is 6.02. The number of carbonyl (C=O) groups excluding carboxylic acids is 2. The molecule has 0 aromatic heterocycles. The molecule has 3 heteroatoms. The molecule has 0 atom stereocenters. The summed E-state index contributed by atoms with van der Waals surface area (Å²) in [6.45, 7) is 4.54. The van der Waals surface area contributed by atoms with Gasteiger partial charge < -0.3 is 4.74 Å². The molecule has 0 amide bonds. The molecule has 0 heterocycles. The van der Waals surface area contributed by atoms with Gasteiger partial charge in [0.25, 0.3) is 0 Å². The minimum absolute atomic E-state index is 0.0326. The maximum Gasteiger partial charge on any atom is 0.140 e. The molecule has 3 nitrogen and oxygen atoms in total. The fourth-order valence-electron chi connectivity index (χ4n) is 3.51. The third-order valence-electron chi connectivity index (χ3n) is 4.48. The van der Waals surface area contributed by atoms with Crippen LogP contribution in [-0.2, 0) is 16.2 Å². The van der Waals surface area contributed by atoms with E-state index >= 15 is 0 Å². The first-order valence-electron chi connectivity index (χ1n) is 8.34. The molecule has 2 aromatic rings. The number of benzene rings is 2. The number of ketones is 2. The molecule has 1 aliphatic carbocycles. The van der Waals surface area contributed by atoms with Crippen molar-refractivity contribution in [2.45, 2.75) is 45.6 Å². The number of Topliss-reactive ketones (excluding diaryl/α,β-unsaturated/α-hetero) is 2. The Morgan fingerprint density at radius 2 is 1.67 bits per heavy atom. The summed E-state index contributed by atoms with van der Waals surface area (Å²) in [6.07, 6.45) is 0.941. The van der Waals surface area contributed by atoms with Gasteiger partial charge in [-0.05, 0) is 36.6 Å². The molecule has 0 unspecified atom stereocenters. The lowest BCUT2D eigenvalue weighted by Crippen LogP contribution is -2.22. The summed E-state index contributed by atoms with van der Waals surface area (Å²) in [5.74, 6) is 0.796. The van der Waals surface area contributed by atoms with Gasteiger partial charge in [-0.1, -0.05) is 36.4 Å². The number of hydrogen-bond acceptors (Lipinski definition) is 3. The van der Waals surface area contributed by atoms with Crippen LogP contribution in [0.5, 0.6) is 5.75 Å². The Labute approximate surface area is 142 Å². The Morgan fingerprint density at radius 3 is 2.33 bits per heavy atom. The molecule has 0 spiro atoms. The fourth-order valence-corrected chi connectivity index (χ4v) is 3.51. The summed E-state index contributed by atoms with van der Waals surface area (Å²) in [5.41, 5.74) is 4.31. The zero-order chi connectivity index (χ0) is 17.1. The maximum absolute atomic E-state index is 11.9. The Bertz CT molecular complexity index is 746. The second-order valence-corrected chi connectivity index (χ2v) is 6.63. The zero-order valence-electron chi connectivity index (χ0n) is 14.2. The lowest BCUT2D eigenvalue weighted by atomic mass is 9.80. The average molecular weight is 322 g/mol. The van der Waals surface area contributed by atoms with Crippen LogP contribution in [0.1, 0.15) is 47.4 Å². The van der Waals surface area contributed by atoms with Crippen molar-refractivity contribution in [1.29, 1.82) is 0 Å². The molecule has 3 rings (SSSR count). The fraction of sp³-hybridized carbons (Fsp3) is 0.333. The molecular weight excluding hydrogens is 300 g/mol. The largest absolute Gasteiger partial charge is 0.489 e. The molecule has 2 aromatic carbocycles. The monoisotopic (exact) mass is 322 g/mol. The van der Waals surface area contributed by atoms with E-state index in [1.807, 2.05) is 50.2 Å². The number of rotatable bonds is 4. The Kier molecular flexibility index (Phi) is 4.79. The van der Waals surface area contributed by atoms with E-state index in [1.54, 1.807) is 0 Å². The standard InChI is InChI=1S/C21H22O3/c1-14-8-15(2)21(17-10-18(22)12-19(23)11-17)20(9-14)24-13-16-6-4-3-5-7-16/h3-9,17H,10-13H2,1-2H3. The second kappa shape index (κ2) is 7.00. The van der Waals surface area contributed by atoms with Gasteiger partial charge in [-0.3, -0.25) is 9.59 Å². The molecule has 0 aliphatic heterocycles. The smallest absolute Gasteiger partial charge is 0.140 e. The van der Waals surface area contributed by atoms with Crippen molar-refractivity contribution < 1.29 is 14.3 Å². The first-order valence-corrected chi connectivity index (χ1v) is 8.34. The topological polar surface area (TPSA) is 43.4 Å². The van der Waals surface area contributed by atoms with Gasteiger partial charge in [0.05, 0.1) is 6.42 Å². The summed E-state index contributed by atoms with van der Waals surface area (Å²) in [4.78, 5) is 23.7. The van der Waals surface area contributed by atoms with Gasteiger partial charge in [-0.2, -0.15) is 0 Å². The SMILES string of the molecule is Cc1cc(C)c(C2CC(=O)CC(=O)C2)c(OCc2ccccc2)c1. The Balaban J connectivity index is 1.90. The van der Waals surface area contributed by atoms with E-state index in [1.165, 1.54) is 0 Å². The minimum Gasteiger partial charge on any atom is -0.489 e. The number of aryl methyl sites for hydroxylation is 2. The minimum atomic E-state index is -0.0647. The molecule has 24 heavy (non-hydrogen) atoms. The van der Waals surface area contributed by atoms with Crippen LogP contribution in [0.15, 0.2) is 42.5 Å². The van der Waals surface area contributed by atoms with Gasteiger partial charge in [0.1, 0.15) is 23.9 Å². The van der Waals surface area contributed by atoms with Gasteiger partial charge >= 0.3 is 0 Å². The highest BCUT2D eigenvalue weighted by Gasteiger charge is 2.29. The van der Waals surface area contributed by atoms with Gasteiger partial charge in [0.2, 0.25) is 0 Å². The van der Waals surface area contributed by atoms with E-state index in [0.29, 0.717) is 19.4 Å². The second-order valence-electron chi connectivity index (χ2n) is 6.63. The third kappa shape index (κ3) is 3.73. The van der Waals surface area contributed by atoms with Crippen LogP contribution in [0.3, 0.4) is 0 Å². The van der Waals surface area contributed by atoms with E-state index in [-0.39, 0.29) is 23.9 Å². The maximum atomic E-state index is 11.9. The van der Waals surface area contributed by atoms with Crippen LogP contribution in [-0.4, -0.2) is 11.6 Å². The first-order chi connectivity index (χ1) is 11.5. The van der Waals surface area contributed by atoms with Crippen molar-refractivity contribution in [3.63, 3.8) is 0 Å². The van der Waals surface area contributed by atoms with Crippen LogP contribution >= 0.6 is 0 Å². The lowest BCUT2D eigenvalue weighted by molar-refractivity contribution is -0.130. The molecule has 124 valence electrons. The average Bonchev–Trinajstić information content (AvgIpc) is 2.52. The molecule has 1 aliphatic rings. The van der Waals surface area contributed by atoms with E-state index in [0.717, 1.165) is 28.0 Å². The molecule has 0 bridgehead atoms. The van der Waals surface area contributed by atoms with Crippen LogP contribution in [0.25, 0.3) is 0 Å². The Morgan fingerprint density at radius 1 is 1.00 bits per heavy atom. The normalized spacial score (nSPS) is 15.6. The summed E-state index contributed by atoms with van der Waals surface area (Å²) >= 11 is 0. The number of hydrogen-bond donors (Lipinski definition) is 0. The summed E-state index contributed by atoms with van der Waals surface area (Å²) < 4.78 is 6.09. The van der Waals surface area contributed by atoms with Crippen molar-refractivity contribution in [2.24, 2.45) is 0 Å². The van der Waals surface area contributed by atoms with Crippen molar-refractivity contribution in [2.75, 3.05) is 0 Å². The zero-order valence-corrected chi connectivity index (χ0v) is 14.2.